The normalized spacial score (nSPS) is 15.2. The molecule has 0 unspecified atom stereocenters. The average molecular weight is 360 g/mol. The number of aliphatic hydroxyl groups excluding tert-OH is 1. The zero-order valence-electron chi connectivity index (χ0n) is 14.5. The fraction of sp³-hybridized carbons (Fsp3) is 0.143. The molecule has 0 spiro atoms. The van der Waals surface area contributed by atoms with Crippen molar-refractivity contribution < 1.29 is 18.8 Å². The highest BCUT2D eigenvalue weighted by Crippen LogP contribution is 2.50. The third kappa shape index (κ3) is 2.38. The van der Waals surface area contributed by atoms with Gasteiger partial charge in [0.25, 0.3) is 0 Å². The minimum Gasteiger partial charge on any atom is -0.468 e. The Hall–Kier alpha value is -3.38. The molecule has 27 heavy (non-hydrogen) atoms. The largest absolute Gasteiger partial charge is 0.468 e. The van der Waals surface area contributed by atoms with Crippen molar-refractivity contribution in [2.45, 2.75) is 12.5 Å². The fourth-order valence-electron chi connectivity index (χ4n) is 3.76. The predicted molar refractivity (Wildman–Crippen MR) is 99.6 cm³/mol. The van der Waals surface area contributed by atoms with E-state index in [1.165, 1.54) is 0 Å². The third-order valence-corrected chi connectivity index (χ3v) is 5.01. The van der Waals surface area contributed by atoms with Gasteiger partial charge in [0.15, 0.2) is 0 Å². The second-order valence-corrected chi connectivity index (χ2v) is 6.52. The monoisotopic (exact) mass is 360 g/mol. The lowest BCUT2D eigenvalue weighted by Crippen LogP contribution is -2.41. The van der Waals surface area contributed by atoms with Gasteiger partial charge in [-0.25, -0.2) is 4.57 Å². The van der Waals surface area contributed by atoms with Crippen molar-refractivity contribution in [2.24, 2.45) is 0 Å². The molecule has 2 aromatic heterocycles. The molecule has 4 aromatic rings. The van der Waals surface area contributed by atoms with E-state index in [1.54, 1.807) is 17.2 Å². The highest BCUT2D eigenvalue weighted by Gasteiger charge is 2.38. The Morgan fingerprint density at radius 3 is 2.81 bits per heavy atom. The van der Waals surface area contributed by atoms with Gasteiger partial charge in [0.2, 0.25) is 12.1 Å². The fourth-order valence-corrected chi connectivity index (χ4v) is 3.76. The number of benzene rings is 2. The van der Waals surface area contributed by atoms with Crippen LogP contribution in [0.4, 0.5) is 5.82 Å². The maximum atomic E-state index is 9.32. The first kappa shape index (κ1) is 15.8. The Kier molecular flexibility index (Phi) is 3.58. The van der Waals surface area contributed by atoms with E-state index in [0.29, 0.717) is 18.2 Å². The number of nitrogen functional groups attached to an aromatic ring is 1. The van der Waals surface area contributed by atoms with Crippen molar-refractivity contribution in [3.05, 3.63) is 78.0 Å². The zero-order chi connectivity index (χ0) is 18.4. The van der Waals surface area contributed by atoms with Gasteiger partial charge in [-0.2, -0.15) is 0 Å². The second-order valence-electron chi connectivity index (χ2n) is 6.52. The van der Waals surface area contributed by atoms with Crippen LogP contribution in [0.15, 0.2) is 65.5 Å². The first-order chi connectivity index (χ1) is 13.3. The van der Waals surface area contributed by atoms with Crippen molar-refractivity contribution >= 4 is 16.6 Å². The van der Waals surface area contributed by atoms with E-state index in [4.69, 9.17) is 14.9 Å². The number of aliphatic hydroxyl groups is 1. The minimum absolute atomic E-state index is 0.0250. The summed E-state index contributed by atoms with van der Waals surface area (Å²) in [6.07, 6.45) is 3.25. The molecule has 5 rings (SSSR count). The van der Waals surface area contributed by atoms with Gasteiger partial charge >= 0.3 is 5.88 Å². The van der Waals surface area contributed by atoms with E-state index in [-0.39, 0.29) is 12.5 Å². The molecular weight excluding hydrogens is 342 g/mol. The van der Waals surface area contributed by atoms with Gasteiger partial charge in [-0.15, -0.1) is 0 Å². The zero-order valence-corrected chi connectivity index (χ0v) is 14.5. The van der Waals surface area contributed by atoms with Crippen LogP contribution in [0.5, 0.6) is 11.6 Å². The number of furan rings is 1. The van der Waals surface area contributed by atoms with E-state index >= 15 is 0 Å². The molecule has 0 bridgehead atoms. The number of hydrogen-bond acceptors (Lipinski definition) is 5. The molecule has 134 valence electrons. The first-order valence-electron chi connectivity index (χ1n) is 8.79. The average Bonchev–Trinajstić information content (AvgIpc) is 3.23. The van der Waals surface area contributed by atoms with Gasteiger partial charge in [0, 0.05) is 10.9 Å². The molecule has 6 heteroatoms. The number of anilines is 1. The molecule has 0 saturated carbocycles. The Bertz CT molecular complexity index is 1140. The van der Waals surface area contributed by atoms with Crippen LogP contribution in [0, 0.1) is 0 Å². The summed E-state index contributed by atoms with van der Waals surface area (Å²) in [5.41, 5.74) is 8.18. The molecule has 0 aliphatic carbocycles. The van der Waals surface area contributed by atoms with Gasteiger partial charge in [-0.1, -0.05) is 41.4 Å². The first-order valence-corrected chi connectivity index (χ1v) is 8.79. The summed E-state index contributed by atoms with van der Waals surface area (Å²) >= 11 is 0. The summed E-state index contributed by atoms with van der Waals surface area (Å²) in [6.45, 7) is 0.338. The predicted octanol–water partition coefficient (Wildman–Crippen LogP) is 2.98. The van der Waals surface area contributed by atoms with Gasteiger partial charge in [-0.3, -0.25) is 0 Å². The lowest BCUT2D eigenvalue weighted by atomic mass is 9.86. The van der Waals surface area contributed by atoms with Gasteiger partial charge < -0.3 is 20.0 Å². The van der Waals surface area contributed by atoms with Crippen LogP contribution in [0.2, 0.25) is 0 Å². The standard InChI is InChI=1S/C21H17N3O3/c22-20-18-17(16-6-3-11-26-16)15-8-7-13-4-1-2-5-14(13)19(15)27-21(18)23-12-24(20)9-10-25/h1-8,11-12,17,22,25H,9-10H2/p+1/t17-/m0/s1. The number of rotatable bonds is 3. The van der Waals surface area contributed by atoms with Crippen molar-refractivity contribution in [1.29, 1.82) is 0 Å². The van der Waals surface area contributed by atoms with Gasteiger partial charge in [0.05, 0.1) is 25.3 Å². The molecule has 1 aliphatic heterocycles. The number of nitrogens with two attached hydrogens (primary N) is 1. The van der Waals surface area contributed by atoms with Gasteiger partial charge in [-0.05, 0) is 17.5 Å². The van der Waals surface area contributed by atoms with Crippen LogP contribution in [0.1, 0.15) is 22.8 Å². The number of aromatic nitrogens is 2. The SMILES string of the molecule is Nc1c2c(nc[n+]1CCO)Oc1c(ccc3ccccc13)[C@H]2c1ccco1. The van der Waals surface area contributed by atoms with Crippen molar-refractivity contribution in [2.75, 3.05) is 12.3 Å². The van der Waals surface area contributed by atoms with Crippen LogP contribution >= 0.6 is 0 Å². The van der Waals surface area contributed by atoms with E-state index in [9.17, 15) is 5.11 Å². The molecule has 3 N–H and O–H groups in total. The Balaban J connectivity index is 1.81. The van der Waals surface area contributed by atoms with Crippen molar-refractivity contribution in [3.63, 3.8) is 0 Å². The summed E-state index contributed by atoms with van der Waals surface area (Å²) in [5, 5.41) is 11.4. The Morgan fingerprint density at radius 2 is 2.00 bits per heavy atom. The molecular formula is C21H18N3O3+. The van der Waals surface area contributed by atoms with Crippen molar-refractivity contribution in [3.8, 4) is 11.6 Å². The maximum absolute atomic E-state index is 9.32. The molecule has 0 amide bonds. The molecule has 2 aromatic carbocycles. The second kappa shape index (κ2) is 6.10. The van der Waals surface area contributed by atoms with Crippen LogP contribution in [-0.2, 0) is 6.54 Å². The highest BCUT2D eigenvalue weighted by atomic mass is 16.5. The van der Waals surface area contributed by atoms with Crippen LogP contribution < -0.4 is 15.0 Å². The quantitative estimate of drug-likeness (QED) is 0.483. The third-order valence-electron chi connectivity index (χ3n) is 5.01. The van der Waals surface area contributed by atoms with E-state index in [1.807, 2.05) is 30.3 Å². The number of ether oxygens (including phenoxy) is 1. The topological polar surface area (TPSA) is 85.4 Å². The molecule has 1 aliphatic rings. The van der Waals surface area contributed by atoms with Gasteiger partial charge in [0.1, 0.15) is 17.1 Å². The van der Waals surface area contributed by atoms with Crippen LogP contribution in [-0.4, -0.2) is 16.7 Å². The lowest BCUT2D eigenvalue weighted by Gasteiger charge is -2.26. The Morgan fingerprint density at radius 1 is 1.11 bits per heavy atom. The number of nitrogens with zero attached hydrogens (tertiary/aromatic N) is 2. The summed E-state index contributed by atoms with van der Waals surface area (Å²) in [6, 6.07) is 16.0. The lowest BCUT2D eigenvalue weighted by molar-refractivity contribution is -0.687. The highest BCUT2D eigenvalue weighted by molar-refractivity contribution is 5.91. The molecule has 0 fully saturated rings. The maximum Gasteiger partial charge on any atom is 0.306 e. The summed E-state index contributed by atoms with van der Waals surface area (Å²) in [4.78, 5) is 4.47. The minimum atomic E-state index is -0.234. The molecule has 6 nitrogen and oxygen atoms in total. The van der Waals surface area contributed by atoms with Crippen molar-refractivity contribution in [1.82, 2.24) is 4.98 Å². The summed E-state index contributed by atoms with van der Waals surface area (Å²) < 4.78 is 13.7. The molecule has 0 radical (unpaired) electrons. The molecule has 0 saturated heterocycles. The number of hydrogen-bond donors (Lipinski definition) is 2. The van der Waals surface area contributed by atoms with E-state index in [0.717, 1.165) is 33.4 Å². The van der Waals surface area contributed by atoms with E-state index in [2.05, 4.69) is 23.2 Å². The molecule has 1 atom stereocenters. The number of fused-ring (bicyclic) bond motifs is 4. The molecule has 3 heterocycles. The van der Waals surface area contributed by atoms with Crippen LogP contribution in [0.25, 0.3) is 10.8 Å². The summed E-state index contributed by atoms with van der Waals surface area (Å²) in [5.74, 6) is 2.28. The smallest absolute Gasteiger partial charge is 0.306 e. The Labute approximate surface area is 155 Å². The summed E-state index contributed by atoms with van der Waals surface area (Å²) in [7, 11) is 0. The van der Waals surface area contributed by atoms with Crippen LogP contribution in [0.3, 0.4) is 0 Å². The van der Waals surface area contributed by atoms with E-state index < -0.39 is 0 Å².